The van der Waals surface area contributed by atoms with Gasteiger partial charge in [0.15, 0.2) is 0 Å². The Kier molecular flexibility index (Phi) is 13.8. The number of imidazole rings is 2. The van der Waals surface area contributed by atoms with Crippen LogP contribution in [0.1, 0.15) is 71.1 Å². The molecule has 2 atom stereocenters. The zero-order valence-corrected chi connectivity index (χ0v) is 32.5. The number of fused-ring (bicyclic) bond motifs is 2. The van der Waals surface area contributed by atoms with Crippen molar-refractivity contribution in [2.45, 2.75) is 71.9 Å². The maximum atomic E-state index is 13.9. The van der Waals surface area contributed by atoms with Crippen LogP contribution in [0.15, 0.2) is 60.8 Å². The van der Waals surface area contributed by atoms with Gasteiger partial charge in [0, 0.05) is 25.1 Å². The second kappa shape index (κ2) is 18.9. The van der Waals surface area contributed by atoms with Gasteiger partial charge in [-0.1, -0.05) is 58.0 Å². The van der Waals surface area contributed by atoms with Gasteiger partial charge in [0.1, 0.15) is 17.7 Å². The molecule has 2 heterocycles. The number of aryl methyl sites for hydroxylation is 1. The number of methoxy groups -OCH3 is 2. The molecule has 5 N–H and O–H groups in total. The van der Waals surface area contributed by atoms with E-state index in [4.69, 9.17) is 9.72 Å². The standard InChI is InChI=1S/C41H52N8O6/c1-7-19-49(39(51)37(25(3)4)48-41(53)55-6)34(8-2)38-46-31-17-16-29(22-32(31)47-38)27-12-13-28-21-30(15-14-26(28)20-27)33-23-43-35(45-33)11-9-10-18-42-36(50)24-44-40(52)54-5/h12-17,20-23,25,34,37H,7-11,18-19,24H2,1-6H3,(H,42,50)(H,43,45)(H,44,52)(H,46,47)(H,48,53). The zero-order chi connectivity index (χ0) is 39.5. The number of carbonyl (C=O) groups is 4. The van der Waals surface area contributed by atoms with E-state index in [2.05, 4.69) is 84.2 Å². The van der Waals surface area contributed by atoms with Gasteiger partial charge in [-0.3, -0.25) is 9.59 Å². The van der Waals surface area contributed by atoms with Gasteiger partial charge in [-0.25, -0.2) is 19.6 Å². The third-order valence-corrected chi connectivity index (χ3v) is 9.57. The molecule has 3 aromatic carbocycles. The number of ether oxygens (including phenoxy) is 2. The number of hydrogen-bond acceptors (Lipinski definition) is 8. The Morgan fingerprint density at radius 1 is 0.836 bits per heavy atom. The fourth-order valence-corrected chi connectivity index (χ4v) is 6.63. The van der Waals surface area contributed by atoms with Crippen LogP contribution in [0.2, 0.25) is 0 Å². The molecule has 0 aliphatic heterocycles. The maximum absolute atomic E-state index is 13.9. The van der Waals surface area contributed by atoms with E-state index in [-0.39, 0.29) is 30.3 Å². The molecular weight excluding hydrogens is 701 g/mol. The lowest BCUT2D eigenvalue weighted by Crippen LogP contribution is -2.52. The third-order valence-electron chi connectivity index (χ3n) is 9.57. The van der Waals surface area contributed by atoms with Crippen molar-refractivity contribution in [1.82, 2.24) is 40.8 Å². The number of carbonyl (C=O) groups excluding carboxylic acids is 4. The van der Waals surface area contributed by atoms with Gasteiger partial charge < -0.3 is 40.3 Å². The van der Waals surface area contributed by atoms with Crippen molar-refractivity contribution < 1.29 is 28.7 Å². The number of H-pyrrole nitrogens is 2. The van der Waals surface area contributed by atoms with Gasteiger partial charge in [0.25, 0.3) is 0 Å². The molecule has 14 nitrogen and oxygen atoms in total. The van der Waals surface area contributed by atoms with E-state index >= 15 is 0 Å². The number of rotatable bonds is 17. The highest BCUT2D eigenvalue weighted by Crippen LogP contribution is 2.31. The summed E-state index contributed by atoms with van der Waals surface area (Å²) in [4.78, 5) is 67.1. The molecule has 5 aromatic rings. The van der Waals surface area contributed by atoms with Crippen LogP contribution in [-0.4, -0.2) is 88.7 Å². The first kappa shape index (κ1) is 40.3. The van der Waals surface area contributed by atoms with Crippen LogP contribution in [0.25, 0.3) is 44.2 Å². The van der Waals surface area contributed by atoms with Crippen LogP contribution in [0.3, 0.4) is 0 Å². The summed E-state index contributed by atoms with van der Waals surface area (Å²) in [6.45, 7) is 8.79. The van der Waals surface area contributed by atoms with Crippen molar-refractivity contribution in [2.24, 2.45) is 5.92 Å². The Morgan fingerprint density at radius 3 is 2.22 bits per heavy atom. The number of amides is 4. The van der Waals surface area contributed by atoms with Gasteiger partial charge in [-0.05, 0) is 77.8 Å². The summed E-state index contributed by atoms with van der Waals surface area (Å²) in [5.74, 6) is 1.04. The maximum Gasteiger partial charge on any atom is 0.407 e. The Bertz CT molecular complexity index is 2110. The summed E-state index contributed by atoms with van der Waals surface area (Å²) in [6, 6.07) is 17.9. The van der Waals surface area contributed by atoms with Crippen LogP contribution < -0.4 is 16.0 Å². The zero-order valence-electron chi connectivity index (χ0n) is 32.5. The van der Waals surface area contributed by atoms with Gasteiger partial charge in [-0.2, -0.15) is 0 Å². The SMILES string of the molecule is CCCN(C(=O)C(NC(=O)OC)C(C)C)C(CC)c1nc2ccc(-c3ccc4cc(-c5cnc(CCCCNC(=O)CNC(=O)OC)[nH]5)ccc4c3)cc2[nH]1. The summed E-state index contributed by atoms with van der Waals surface area (Å²) in [5, 5.41) is 10.1. The van der Waals surface area contributed by atoms with Crippen molar-refractivity contribution in [3.05, 3.63) is 72.4 Å². The molecule has 0 fully saturated rings. The molecule has 0 bridgehead atoms. The Labute approximate surface area is 321 Å². The molecule has 5 rings (SSSR count). The lowest BCUT2D eigenvalue weighted by atomic mass is 9.99. The molecule has 0 aliphatic rings. The lowest BCUT2D eigenvalue weighted by molar-refractivity contribution is -0.137. The van der Waals surface area contributed by atoms with E-state index in [0.29, 0.717) is 25.3 Å². The average Bonchev–Trinajstić information content (AvgIpc) is 3.85. The van der Waals surface area contributed by atoms with Gasteiger partial charge in [0.2, 0.25) is 11.8 Å². The van der Waals surface area contributed by atoms with Crippen molar-refractivity contribution in [3.63, 3.8) is 0 Å². The number of unbranched alkanes of at least 4 members (excludes halogenated alkanes) is 1. The van der Waals surface area contributed by atoms with Crippen LogP contribution in [0.4, 0.5) is 9.59 Å². The largest absolute Gasteiger partial charge is 0.453 e. The minimum Gasteiger partial charge on any atom is -0.453 e. The Balaban J connectivity index is 1.25. The summed E-state index contributed by atoms with van der Waals surface area (Å²) in [5.41, 5.74) is 5.79. The normalized spacial score (nSPS) is 12.3. The molecule has 0 radical (unpaired) electrons. The molecule has 292 valence electrons. The first-order valence-electron chi connectivity index (χ1n) is 18.9. The summed E-state index contributed by atoms with van der Waals surface area (Å²) >= 11 is 0. The molecule has 0 spiro atoms. The van der Waals surface area contributed by atoms with Crippen molar-refractivity contribution in [1.29, 1.82) is 0 Å². The van der Waals surface area contributed by atoms with Crippen LogP contribution in [0.5, 0.6) is 0 Å². The summed E-state index contributed by atoms with van der Waals surface area (Å²) in [6.07, 6.45) is 4.35. The molecule has 2 aromatic heterocycles. The molecular formula is C41H52N8O6. The molecule has 2 unspecified atom stereocenters. The van der Waals surface area contributed by atoms with E-state index in [1.54, 1.807) is 0 Å². The van der Waals surface area contributed by atoms with E-state index in [1.165, 1.54) is 14.2 Å². The predicted octanol–water partition coefficient (Wildman–Crippen LogP) is 6.64. The number of aromatic nitrogens is 4. The highest BCUT2D eigenvalue weighted by Gasteiger charge is 2.34. The van der Waals surface area contributed by atoms with Crippen LogP contribution in [-0.2, 0) is 25.5 Å². The molecule has 0 saturated heterocycles. The first-order valence-corrected chi connectivity index (χ1v) is 18.9. The fraction of sp³-hybridized carbons (Fsp3) is 0.415. The molecule has 14 heteroatoms. The minimum atomic E-state index is -0.722. The van der Waals surface area contributed by atoms with Crippen LogP contribution in [0, 0.1) is 5.92 Å². The van der Waals surface area contributed by atoms with Crippen molar-refractivity contribution in [2.75, 3.05) is 33.9 Å². The number of aromatic amines is 2. The molecule has 0 aliphatic carbocycles. The Hall–Kier alpha value is -5.92. The highest BCUT2D eigenvalue weighted by atomic mass is 16.5. The molecule has 55 heavy (non-hydrogen) atoms. The minimum absolute atomic E-state index is 0.118. The van der Waals surface area contributed by atoms with Crippen molar-refractivity contribution in [3.8, 4) is 22.4 Å². The smallest absolute Gasteiger partial charge is 0.407 e. The highest BCUT2D eigenvalue weighted by molar-refractivity contribution is 5.92. The third kappa shape index (κ3) is 10.2. The fourth-order valence-electron chi connectivity index (χ4n) is 6.63. The second-order valence-corrected chi connectivity index (χ2v) is 13.8. The number of benzene rings is 3. The lowest BCUT2D eigenvalue weighted by Gasteiger charge is -2.34. The van der Waals surface area contributed by atoms with E-state index < -0.39 is 18.2 Å². The van der Waals surface area contributed by atoms with Gasteiger partial charge in [-0.15, -0.1) is 0 Å². The predicted molar refractivity (Wildman–Crippen MR) is 212 cm³/mol. The number of hydrogen-bond donors (Lipinski definition) is 5. The first-order chi connectivity index (χ1) is 26.5. The van der Waals surface area contributed by atoms with Gasteiger partial charge >= 0.3 is 12.2 Å². The van der Waals surface area contributed by atoms with Gasteiger partial charge in [0.05, 0.1) is 49.7 Å². The molecule has 4 amide bonds. The number of nitrogens with zero attached hydrogens (tertiary/aromatic N) is 3. The number of alkyl carbamates (subject to hydrolysis) is 2. The molecule has 0 saturated carbocycles. The second-order valence-electron chi connectivity index (χ2n) is 13.8. The average molecular weight is 753 g/mol. The quantitative estimate of drug-likeness (QED) is 0.0655. The van der Waals surface area contributed by atoms with E-state index in [9.17, 15) is 19.2 Å². The number of nitrogens with one attached hydrogen (secondary N) is 5. The van der Waals surface area contributed by atoms with E-state index in [1.807, 2.05) is 44.9 Å². The summed E-state index contributed by atoms with van der Waals surface area (Å²) in [7, 11) is 2.54. The monoisotopic (exact) mass is 752 g/mol. The van der Waals surface area contributed by atoms with Crippen molar-refractivity contribution >= 4 is 45.8 Å². The Morgan fingerprint density at radius 2 is 1.53 bits per heavy atom. The summed E-state index contributed by atoms with van der Waals surface area (Å²) < 4.78 is 9.26. The van der Waals surface area contributed by atoms with E-state index in [0.717, 1.165) is 75.7 Å². The van der Waals surface area contributed by atoms with Crippen LogP contribution >= 0.6 is 0 Å². The topological polar surface area (TPSA) is 183 Å².